The molecule has 4 rings (SSSR count). The van der Waals surface area contributed by atoms with E-state index < -0.39 is 12.2 Å². The SMILES string of the molecule is CCCCN1C(=O)C2C(N=C3N(c4ccccc4F)C(C)=CN32)N(C)C1=O. The monoisotopic (exact) mass is 371 g/mol. The number of halogens is 1. The zero-order valence-electron chi connectivity index (χ0n) is 15.6. The van der Waals surface area contributed by atoms with Gasteiger partial charge in [0.1, 0.15) is 5.82 Å². The molecule has 1 fully saturated rings. The Kier molecular flexibility index (Phi) is 4.13. The van der Waals surface area contributed by atoms with Crippen molar-refractivity contribution in [3.63, 3.8) is 0 Å². The van der Waals surface area contributed by atoms with Gasteiger partial charge in [0.25, 0.3) is 5.91 Å². The van der Waals surface area contributed by atoms with E-state index in [9.17, 15) is 14.0 Å². The van der Waals surface area contributed by atoms with Gasteiger partial charge in [-0.25, -0.2) is 14.2 Å². The largest absolute Gasteiger partial charge is 0.328 e. The van der Waals surface area contributed by atoms with Crippen LogP contribution in [-0.2, 0) is 4.79 Å². The number of carbonyl (C=O) groups is 2. The summed E-state index contributed by atoms with van der Waals surface area (Å²) in [5, 5.41) is 0. The molecule has 0 aliphatic carbocycles. The fraction of sp³-hybridized carbons (Fsp3) is 0.421. The third-order valence-electron chi connectivity index (χ3n) is 5.22. The van der Waals surface area contributed by atoms with Crippen molar-refractivity contribution in [2.45, 2.75) is 38.9 Å². The van der Waals surface area contributed by atoms with Gasteiger partial charge in [-0.1, -0.05) is 25.5 Å². The van der Waals surface area contributed by atoms with E-state index in [-0.39, 0.29) is 17.8 Å². The predicted molar refractivity (Wildman–Crippen MR) is 99.3 cm³/mol. The normalized spacial score (nSPS) is 24.3. The number of imide groups is 1. The van der Waals surface area contributed by atoms with Crippen LogP contribution in [0.1, 0.15) is 26.7 Å². The number of anilines is 1. The Morgan fingerprint density at radius 2 is 1.96 bits per heavy atom. The number of allylic oxidation sites excluding steroid dienone is 1. The molecule has 0 aromatic heterocycles. The van der Waals surface area contributed by atoms with Crippen LogP contribution in [0.3, 0.4) is 0 Å². The summed E-state index contributed by atoms with van der Waals surface area (Å²) >= 11 is 0. The quantitative estimate of drug-likeness (QED) is 0.816. The molecule has 8 heteroatoms. The third kappa shape index (κ3) is 2.50. The number of hydrogen-bond donors (Lipinski definition) is 0. The number of amides is 3. The maximum Gasteiger partial charge on any atom is 0.328 e. The molecular weight excluding hydrogens is 349 g/mol. The topological polar surface area (TPSA) is 59.5 Å². The van der Waals surface area contributed by atoms with Crippen LogP contribution in [0.25, 0.3) is 0 Å². The standard InChI is InChI=1S/C19H22FN5O2/c1-4-5-10-23-17(26)15-16(22(3)19(23)27)21-18-24(15)11-12(2)25(18)14-9-7-6-8-13(14)20/h6-9,11,15-16H,4-5,10H2,1-3H3. The Morgan fingerprint density at radius 3 is 2.67 bits per heavy atom. The average molecular weight is 371 g/mol. The highest BCUT2D eigenvalue weighted by Gasteiger charge is 2.54. The number of unbranched alkanes of at least 4 members (excludes halogenated alkanes) is 1. The minimum atomic E-state index is -0.619. The fourth-order valence-corrected chi connectivity index (χ4v) is 3.81. The second-order valence-corrected chi connectivity index (χ2v) is 6.99. The molecule has 1 saturated heterocycles. The molecule has 0 radical (unpaired) electrons. The molecule has 142 valence electrons. The van der Waals surface area contributed by atoms with Crippen LogP contribution in [0.15, 0.2) is 41.2 Å². The maximum absolute atomic E-state index is 14.4. The highest BCUT2D eigenvalue weighted by molar-refractivity contribution is 6.09. The molecule has 0 saturated carbocycles. The lowest BCUT2D eigenvalue weighted by Gasteiger charge is -2.40. The fourth-order valence-electron chi connectivity index (χ4n) is 3.81. The van der Waals surface area contributed by atoms with Crippen LogP contribution >= 0.6 is 0 Å². The number of hydrogen-bond acceptors (Lipinski definition) is 5. The molecule has 7 nitrogen and oxygen atoms in total. The Bertz CT molecular complexity index is 867. The predicted octanol–water partition coefficient (Wildman–Crippen LogP) is 2.57. The molecule has 2 unspecified atom stereocenters. The first kappa shape index (κ1) is 17.5. The average Bonchev–Trinajstić information content (AvgIpc) is 3.15. The molecule has 27 heavy (non-hydrogen) atoms. The van der Waals surface area contributed by atoms with E-state index in [4.69, 9.17) is 0 Å². The first-order valence-electron chi connectivity index (χ1n) is 9.13. The molecule has 0 spiro atoms. The number of benzene rings is 1. The Morgan fingerprint density at radius 1 is 1.22 bits per heavy atom. The molecule has 0 bridgehead atoms. The summed E-state index contributed by atoms with van der Waals surface area (Å²) in [6.45, 7) is 4.25. The summed E-state index contributed by atoms with van der Waals surface area (Å²) < 4.78 is 14.4. The minimum Gasteiger partial charge on any atom is -0.302 e. The molecule has 3 aliphatic rings. The number of nitrogens with zero attached hydrogens (tertiary/aromatic N) is 5. The Balaban J connectivity index is 1.71. The van der Waals surface area contributed by atoms with Crippen LogP contribution in [0.4, 0.5) is 14.9 Å². The van der Waals surface area contributed by atoms with Crippen LogP contribution < -0.4 is 4.90 Å². The van der Waals surface area contributed by atoms with Crippen molar-refractivity contribution in [3.05, 3.63) is 42.0 Å². The second kappa shape index (κ2) is 6.37. The lowest BCUT2D eigenvalue weighted by atomic mass is 10.1. The van der Waals surface area contributed by atoms with E-state index in [0.29, 0.717) is 18.2 Å². The van der Waals surface area contributed by atoms with E-state index in [2.05, 4.69) is 4.99 Å². The Hall–Kier alpha value is -2.90. The number of fused-ring (bicyclic) bond motifs is 3. The number of rotatable bonds is 4. The van der Waals surface area contributed by atoms with E-state index in [1.54, 1.807) is 41.2 Å². The number of carbonyl (C=O) groups excluding carboxylic acids is 2. The van der Waals surface area contributed by atoms with Gasteiger partial charge in [-0.2, -0.15) is 0 Å². The van der Waals surface area contributed by atoms with Gasteiger partial charge in [-0.15, -0.1) is 0 Å². The molecule has 3 amide bonds. The summed E-state index contributed by atoms with van der Waals surface area (Å²) in [7, 11) is 1.65. The lowest BCUT2D eigenvalue weighted by molar-refractivity contribution is -0.136. The number of urea groups is 1. The zero-order valence-corrected chi connectivity index (χ0v) is 15.6. The van der Waals surface area contributed by atoms with Gasteiger partial charge in [0, 0.05) is 25.5 Å². The van der Waals surface area contributed by atoms with Crippen molar-refractivity contribution in [3.8, 4) is 0 Å². The summed E-state index contributed by atoms with van der Waals surface area (Å²) in [5.41, 5.74) is 1.14. The summed E-state index contributed by atoms with van der Waals surface area (Å²) in [4.78, 5) is 36.6. The van der Waals surface area contributed by atoms with E-state index in [1.807, 2.05) is 13.8 Å². The number of likely N-dealkylation sites (N-methyl/N-ethyl adjacent to an activating group) is 1. The second-order valence-electron chi connectivity index (χ2n) is 6.99. The van der Waals surface area contributed by atoms with Gasteiger partial charge in [0.05, 0.1) is 5.69 Å². The first-order valence-corrected chi connectivity index (χ1v) is 9.13. The number of para-hydroxylation sites is 1. The Labute approximate surface area is 157 Å². The molecule has 2 atom stereocenters. The van der Waals surface area contributed by atoms with Crippen LogP contribution in [0.5, 0.6) is 0 Å². The van der Waals surface area contributed by atoms with E-state index in [1.165, 1.54) is 15.9 Å². The first-order chi connectivity index (χ1) is 13.0. The molecule has 1 aromatic carbocycles. The van der Waals surface area contributed by atoms with Crippen LogP contribution in [0.2, 0.25) is 0 Å². The number of aliphatic imine (C=N–C) groups is 1. The zero-order chi connectivity index (χ0) is 19.3. The molecule has 1 aromatic rings. The van der Waals surface area contributed by atoms with Crippen molar-refractivity contribution in [1.82, 2.24) is 14.7 Å². The smallest absolute Gasteiger partial charge is 0.302 e. The molecule has 3 aliphatic heterocycles. The minimum absolute atomic E-state index is 0.255. The highest BCUT2D eigenvalue weighted by Crippen LogP contribution is 2.37. The summed E-state index contributed by atoms with van der Waals surface area (Å²) in [5.74, 6) is -0.155. The summed E-state index contributed by atoms with van der Waals surface area (Å²) in [6, 6.07) is 5.49. The summed E-state index contributed by atoms with van der Waals surface area (Å²) in [6.07, 6.45) is 2.83. The molecule has 3 heterocycles. The van der Waals surface area contributed by atoms with Crippen molar-refractivity contribution >= 4 is 23.6 Å². The number of guanidine groups is 1. The highest BCUT2D eigenvalue weighted by atomic mass is 19.1. The van der Waals surface area contributed by atoms with Gasteiger partial charge in [-0.05, 0) is 25.5 Å². The van der Waals surface area contributed by atoms with E-state index in [0.717, 1.165) is 18.5 Å². The van der Waals surface area contributed by atoms with Crippen molar-refractivity contribution in [2.24, 2.45) is 4.99 Å². The molecule has 0 N–H and O–H groups in total. The van der Waals surface area contributed by atoms with Crippen LogP contribution in [-0.4, -0.2) is 58.4 Å². The van der Waals surface area contributed by atoms with Gasteiger partial charge < -0.3 is 9.80 Å². The third-order valence-corrected chi connectivity index (χ3v) is 5.22. The maximum atomic E-state index is 14.4. The lowest BCUT2D eigenvalue weighted by Crippen LogP contribution is -2.64. The van der Waals surface area contributed by atoms with E-state index >= 15 is 0 Å². The van der Waals surface area contributed by atoms with Crippen molar-refractivity contribution < 1.29 is 14.0 Å². The van der Waals surface area contributed by atoms with Gasteiger partial charge in [0.15, 0.2) is 12.2 Å². The van der Waals surface area contributed by atoms with Gasteiger partial charge in [0.2, 0.25) is 5.96 Å². The van der Waals surface area contributed by atoms with Crippen molar-refractivity contribution in [1.29, 1.82) is 0 Å². The van der Waals surface area contributed by atoms with Crippen LogP contribution in [0, 0.1) is 5.82 Å². The van der Waals surface area contributed by atoms with Gasteiger partial charge >= 0.3 is 6.03 Å². The van der Waals surface area contributed by atoms with Gasteiger partial charge in [-0.3, -0.25) is 14.6 Å². The molecular formula is C19H22FN5O2. The van der Waals surface area contributed by atoms with Crippen molar-refractivity contribution in [2.75, 3.05) is 18.5 Å².